The monoisotopic (exact) mass is 596 g/mol. The van der Waals surface area contributed by atoms with E-state index in [1.54, 1.807) is 0 Å². The summed E-state index contributed by atoms with van der Waals surface area (Å²) in [6, 6.07) is 27.7. The summed E-state index contributed by atoms with van der Waals surface area (Å²) in [5, 5.41) is 0. The van der Waals surface area contributed by atoms with Crippen LogP contribution in [0, 0.1) is 18.4 Å². The summed E-state index contributed by atoms with van der Waals surface area (Å²) < 4.78 is 1.42. The molecule has 0 atom stereocenters. The normalized spacial score (nSPS) is 12.4. The van der Waals surface area contributed by atoms with Gasteiger partial charge in [0.2, 0.25) is 0 Å². The van der Waals surface area contributed by atoms with Crippen LogP contribution in [-0.4, -0.2) is 3.21 Å². The van der Waals surface area contributed by atoms with Crippen molar-refractivity contribution in [1.82, 2.24) is 0 Å². The summed E-state index contributed by atoms with van der Waals surface area (Å²) in [5.74, 6) is 0. The Bertz CT molecular complexity index is 1060. The minimum atomic E-state index is 0. The van der Waals surface area contributed by atoms with Crippen LogP contribution < -0.4 is 24.8 Å². The summed E-state index contributed by atoms with van der Waals surface area (Å²) in [6.45, 7) is 17.7. The zero-order chi connectivity index (χ0) is 25.4. The molecule has 0 amide bonds. The summed E-state index contributed by atoms with van der Waals surface area (Å²) in [5.41, 5.74) is 8.91. The molecule has 0 saturated carbocycles. The first-order valence-electron chi connectivity index (χ1n) is 12.1. The molecule has 0 nitrogen and oxygen atoms in total. The quantitative estimate of drug-likeness (QED) is 0.398. The molecule has 0 N–H and O–H groups in total. The molecule has 3 aromatic rings. The van der Waals surface area contributed by atoms with Crippen LogP contribution in [-0.2, 0) is 29.7 Å². The first-order chi connectivity index (χ1) is 15.9. The molecule has 0 radical (unpaired) electrons. The molecule has 0 aromatic heterocycles. The summed E-state index contributed by atoms with van der Waals surface area (Å²) in [7, 11) is 0. The van der Waals surface area contributed by atoms with E-state index in [0.717, 1.165) is 6.42 Å². The first kappa shape index (κ1) is 34.6. The molecule has 0 heterocycles. The van der Waals surface area contributed by atoms with Crippen LogP contribution in [0.3, 0.4) is 0 Å². The van der Waals surface area contributed by atoms with Gasteiger partial charge in [0.25, 0.3) is 0 Å². The maximum absolute atomic E-state index is 3.30. The van der Waals surface area contributed by atoms with E-state index < -0.39 is 0 Å². The summed E-state index contributed by atoms with van der Waals surface area (Å²) in [4.78, 5) is 0. The predicted molar refractivity (Wildman–Crippen MR) is 146 cm³/mol. The van der Waals surface area contributed by atoms with E-state index in [1.165, 1.54) is 60.8 Å². The van der Waals surface area contributed by atoms with Crippen LogP contribution >= 0.6 is 0 Å². The molecule has 1 aliphatic carbocycles. The van der Waals surface area contributed by atoms with Gasteiger partial charge in [0.15, 0.2) is 0 Å². The molecule has 1 aliphatic rings. The number of rotatable bonds is 2. The molecule has 3 aromatic carbocycles. The molecule has 192 valence electrons. The van der Waals surface area contributed by atoms with E-state index in [1.807, 2.05) is 0 Å². The molecule has 0 aliphatic heterocycles. The van der Waals surface area contributed by atoms with Crippen molar-refractivity contribution in [2.24, 2.45) is 5.41 Å². The molecule has 0 unspecified atom stereocenters. The summed E-state index contributed by atoms with van der Waals surface area (Å²) in [6.07, 6.45) is 6.59. The van der Waals surface area contributed by atoms with E-state index in [-0.39, 0.29) is 24.8 Å². The van der Waals surface area contributed by atoms with E-state index in [4.69, 9.17) is 0 Å². The Labute approximate surface area is 247 Å². The van der Waals surface area contributed by atoms with Gasteiger partial charge in [-0.3, -0.25) is 6.08 Å². The van der Waals surface area contributed by atoms with E-state index in [9.17, 15) is 0 Å². The van der Waals surface area contributed by atoms with Gasteiger partial charge in [0.05, 0.1) is 0 Å². The SMILES string of the molecule is CC1=[C-]CC(C(C)(C)C)=C1.Cc1cc(C(C)(C)C)c[cH-]1.[Cl-].[Cl-].[Zr+2]=[C](c1ccccc1)c1ccccc1. The third-order valence-electron chi connectivity index (χ3n) is 5.81. The van der Waals surface area contributed by atoms with Crippen LogP contribution in [0.2, 0.25) is 0 Å². The van der Waals surface area contributed by atoms with Crippen LogP contribution in [0.1, 0.15) is 77.1 Å². The van der Waals surface area contributed by atoms with Gasteiger partial charge in [0, 0.05) is 0 Å². The number of halogens is 2. The predicted octanol–water partition coefficient (Wildman–Crippen LogP) is 2.93. The second-order valence-electron chi connectivity index (χ2n) is 11.0. The van der Waals surface area contributed by atoms with Crippen molar-refractivity contribution in [1.29, 1.82) is 0 Å². The number of hydrogen-bond acceptors (Lipinski definition) is 0. The van der Waals surface area contributed by atoms with Gasteiger partial charge in [-0.2, -0.15) is 28.8 Å². The molecule has 3 heteroatoms. The fourth-order valence-corrected chi connectivity index (χ4v) is 4.30. The first-order valence-corrected chi connectivity index (χ1v) is 13.3. The van der Waals surface area contributed by atoms with Crippen molar-refractivity contribution in [2.75, 3.05) is 0 Å². The molecule has 0 bridgehead atoms. The Morgan fingerprint density at radius 1 is 0.778 bits per heavy atom. The van der Waals surface area contributed by atoms with Gasteiger partial charge in [-0.1, -0.05) is 60.8 Å². The topological polar surface area (TPSA) is 0 Å². The third-order valence-corrected chi connectivity index (χ3v) is 7.23. The van der Waals surface area contributed by atoms with Gasteiger partial charge < -0.3 is 24.8 Å². The Kier molecular flexibility index (Phi) is 15.2. The van der Waals surface area contributed by atoms with Crippen molar-refractivity contribution in [3.05, 3.63) is 124 Å². The molecule has 0 fully saturated rings. The van der Waals surface area contributed by atoms with Crippen LogP contribution in [0.5, 0.6) is 0 Å². The molecular weight excluding hydrogens is 558 g/mol. The minimum absolute atomic E-state index is 0. The van der Waals surface area contributed by atoms with E-state index in [0.29, 0.717) is 10.8 Å². The molecule has 4 rings (SSSR count). The molecule has 0 spiro atoms. The molecular formula is C33H40Cl2Zr-2. The van der Waals surface area contributed by atoms with Crippen molar-refractivity contribution >= 4 is 3.21 Å². The Balaban J connectivity index is 0.000000508. The number of aryl methyl sites for hydroxylation is 1. The summed E-state index contributed by atoms with van der Waals surface area (Å²) >= 11 is 1.46. The second-order valence-corrected chi connectivity index (χ2v) is 12.2. The van der Waals surface area contributed by atoms with Gasteiger partial charge in [-0.25, -0.2) is 17.7 Å². The van der Waals surface area contributed by atoms with Crippen LogP contribution in [0.25, 0.3) is 0 Å². The van der Waals surface area contributed by atoms with Crippen molar-refractivity contribution in [3.8, 4) is 0 Å². The van der Waals surface area contributed by atoms with Gasteiger partial charge in [0.1, 0.15) is 0 Å². The van der Waals surface area contributed by atoms with Gasteiger partial charge in [-0.15, -0.1) is 6.42 Å². The number of benzene rings is 2. The average molecular weight is 599 g/mol. The van der Waals surface area contributed by atoms with E-state index in [2.05, 4.69) is 146 Å². The zero-order valence-corrected chi connectivity index (χ0v) is 27.0. The fraction of sp³-hybridized carbons (Fsp3) is 0.333. The zero-order valence-electron chi connectivity index (χ0n) is 23.0. The van der Waals surface area contributed by atoms with Gasteiger partial charge >= 0.3 is 99.2 Å². The van der Waals surface area contributed by atoms with Crippen LogP contribution in [0.15, 0.2) is 96.1 Å². The number of allylic oxidation sites excluding steroid dienone is 4. The van der Waals surface area contributed by atoms with Gasteiger partial charge in [-0.05, 0) is 5.41 Å². The average Bonchev–Trinajstić information content (AvgIpc) is 3.44. The van der Waals surface area contributed by atoms with E-state index >= 15 is 0 Å². The Morgan fingerprint density at radius 2 is 1.25 bits per heavy atom. The third kappa shape index (κ3) is 11.8. The number of hydrogen-bond donors (Lipinski definition) is 0. The van der Waals surface area contributed by atoms with Crippen molar-refractivity contribution in [2.45, 2.75) is 67.2 Å². The molecule has 36 heavy (non-hydrogen) atoms. The second kappa shape index (κ2) is 15.8. The van der Waals surface area contributed by atoms with Crippen molar-refractivity contribution in [3.63, 3.8) is 0 Å². The molecule has 0 saturated heterocycles. The van der Waals surface area contributed by atoms with Crippen molar-refractivity contribution < 1.29 is 49.0 Å². The standard InChI is InChI=1S/C13H10.2C10H15.2ClH.Zr/c1-3-7-12(8-4-1)11-13-9-5-2-6-10-13;2*1-8-5-6-9(7-8)10(2,3)4;;;/h1-10H;7H,6H2,1-4H3;5-7H,1-4H3;2*1H;/q;2*-1;;;+2/p-2. The Morgan fingerprint density at radius 3 is 1.50 bits per heavy atom. The maximum atomic E-state index is 3.30. The van der Waals surface area contributed by atoms with Crippen LogP contribution in [0.4, 0.5) is 0 Å². The Hall–Kier alpha value is -1.40. The fourth-order valence-electron chi connectivity index (χ4n) is 3.49.